The zero-order chi connectivity index (χ0) is 12.4. The molecule has 2 saturated carbocycles. The van der Waals surface area contributed by atoms with E-state index in [1.165, 1.54) is 32.1 Å². The van der Waals surface area contributed by atoms with Crippen molar-refractivity contribution in [1.82, 2.24) is 15.0 Å². The number of hydrogen-bond acceptors (Lipinski definition) is 5. The van der Waals surface area contributed by atoms with E-state index < -0.39 is 0 Å². The number of aliphatic hydroxyl groups is 1. The van der Waals surface area contributed by atoms with Gasteiger partial charge in [-0.1, -0.05) is 11.6 Å². The van der Waals surface area contributed by atoms with Crippen LogP contribution in [0.15, 0.2) is 4.52 Å². The van der Waals surface area contributed by atoms with E-state index in [0.717, 1.165) is 31.2 Å². The molecule has 0 aliphatic heterocycles. The number of nitrogens with zero attached hydrogens (tertiary/aromatic N) is 3. The smallest absolute Gasteiger partial charge is 0.240 e. The first-order chi connectivity index (χ1) is 8.86. The second-order valence-electron chi connectivity index (χ2n) is 5.45. The molecule has 3 rings (SSSR count). The van der Waals surface area contributed by atoms with E-state index in [1.54, 1.807) is 0 Å². The minimum Gasteiger partial charge on any atom is -0.396 e. The van der Waals surface area contributed by atoms with Gasteiger partial charge in [0.1, 0.15) is 0 Å². The molecule has 1 heterocycles. The summed E-state index contributed by atoms with van der Waals surface area (Å²) >= 11 is 0. The molecule has 5 heteroatoms. The van der Waals surface area contributed by atoms with Gasteiger partial charge in [0.15, 0.2) is 5.82 Å². The monoisotopic (exact) mass is 251 g/mol. The summed E-state index contributed by atoms with van der Waals surface area (Å²) in [4.78, 5) is 6.86. The van der Waals surface area contributed by atoms with Crippen LogP contribution in [0.25, 0.3) is 0 Å². The van der Waals surface area contributed by atoms with E-state index in [4.69, 9.17) is 9.63 Å². The molecule has 5 nitrogen and oxygen atoms in total. The van der Waals surface area contributed by atoms with Gasteiger partial charge in [0.2, 0.25) is 5.89 Å². The van der Waals surface area contributed by atoms with Crippen LogP contribution >= 0.6 is 0 Å². The van der Waals surface area contributed by atoms with Crippen molar-refractivity contribution in [3.63, 3.8) is 0 Å². The van der Waals surface area contributed by atoms with Crippen LogP contribution in [0.4, 0.5) is 0 Å². The van der Waals surface area contributed by atoms with Crippen LogP contribution < -0.4 is 0 Å². The molecule has 0 amide bonds. The van der Waals surface area contributed by atoms with Crippen LogP contribution in [0, 0.1) is 0 Å². The van der Waals surface area contributed by atoms with Gasteiger partial charge in [-0.3, -0.25) is 4.90 Å². The first kappa shape index (κ1) is 12.1. The summed E-state index contributed by atoms with van der Waals surface area (Å²) in [5.41, 5.74) is 0. The van der Waals surface area contributed by atoms with Crippen LogP contribution in [-0.4, -0.2) is 39.3 Å². The highest BCUT2D eigenvalue weighted by molar-refractivity contribution is 5.03. The largest absolute Gasteiger partial charge is 0.396 e. The summed E-state index contributed by atoms with van der Waals surface area (Å²) in [5, 5.41) is 13.0. The highest BCUT2D eigenvalue weighted by Gasteiger charge is 2.30. The Hall–Kier alpha value is -0.940. The van der Waals surface area contributed by atoms with E-state index in [-0.39, 0.29) is 6.61 Å². The van der Waals surface area contributed by atoms with Gasteiger partial charge in [-0.15, -0.1) is 0 Å². The lowest BCUT2D eigenvalue weighted by Gasteiger charge is -2.36. The minimum absolute atomic E-state index is 0.250. The fraction of sp³-hybridized carbons (Fsp3) is 0.846. The van der Waals surface area contributed by atoms with Crippen molar-refractivity contribution in [3.05, 3.63) is 11.7 Å². The second-order valence-corrected chi connectivity index (χ2v) is 5.45. The third-order valence-electron chi connectivity index (χ3n) is 3.96. The average molecular weight is 251 g/mol. The van der Waals surface area contributed by atoms with E-state index in [9.17, 15) is 0 Å². The molecule has 1 N–H and O–H groups in total. The highest BCUT2D eigenvalue weighted by atomic mass is 16.5. The Balaban J connectivity index is 1.58. The molecular formula is C13H21N3O2. The van der Waals surface area contributed by atoms with Crippen molar-refractivity contribution < 1.29 is 9.63 Å². The van der Waals surface area contributed by atoms with Crippen molar-refractivity contribution in [1.29, 1.82) is 0 Å². The lowest BCUT2D eigenvalue weighted by Crippen LogP contribution is -2.40. The summed E-state index contributed by atoms with van der Waals surface area (Å²) in [6.45, 7) is 1.91. The predicted octanol–water partition coefficient (Wildman–Crippen LogP) is 1.68. The van der Waals surface area contributed by atoms with E-state index >= 15 is 0 Å². The number of aliphatic hydroxyl groups excluding tert-OH is 1. The molecule has 0 bridgehead atoms. The molecule has 2 fully saturated rings. The highest BCUT2D eigenvalue weighted by Crippen LogP contribution is 2.38. The van der Waals surface area contributed by atoms with Gasteiger partial charge < -0.3 is 9.63 Å². The molecule has 18 heavy (non-hydrogen) atoms. The first-order valence-electron chi connectivity index (χ1n) is 7.04. The quantitative estimate of drug-likeness (QED) is 0.799. The Labute approximate surface area is 107 Å². The molecule has 0 spiro atoms. The van der Waals surface area contributed by atoms with Gasteiger partial charge in [-0.05, 0) is 32.1 Å². The number of hydrogen-bond donors (Lipinski definition) is 1. The van der Waals surface area contributed by atoms with E-state index in [2.05, 4.69) is 15.0 Å². The van der Waals surface area contributed by atoms with Gasteiger partial charge in [-0.2, -0.15) is 4.98 Å². The third-order valence-corrected chi connectivity index (χ3v) is 3.96. The molecule has 1 aromatic rings. The molecule has 1 aromatic heterocycles. The predicted molar refractivity (Wildman–Crippen MR) is 66.0 cm³/mol. The van der Waals surface area contributed by atoms with Crippen molar-refractivity contribution >= 4 is 0 Å². The van der Waals surface area contributed by atoms with Crippen LogP contribution in [0.1, 0.15) is 56.2 Å². The first-order valence-corrected chi connectivity index (χ1v) is 7.04. The molecule has 0 atom stereocenters. The maximum absolute atomic E-state index is 8.96. The standard InChI is InChI=1S/C13H21N3O2/c17-8-2-7-16(11-3-1-4-11)9-12-14-13(15-18-12)10-5-6-10/h10-11,17H,1-9H2. The van der Waals surface area contributed by atoms with Gasteiger partial charge in [-0.25, -0.2) is 0 Å². The normalized spacial score (nSPS) is 20.3. The molecule has 0 radical (unpaired) electrons. The maximum Gasteiger partial charge on any atom is 0.240 e. The zero-order valence-electron chi connectivity index (χ0n) is 10.7. The summed E-state index contributed by atoms with van der Waals surface area (Å²) in [5.74, 6) is 2.18. The topological polar surface area (TPSA) is 62.4 Å². The number of aromatic nitrogens is 2. The molecule has 0 aromatic carbocycles. The molecular weight excluding hydrogens is 230 g/mol. The fourth-order valence-corrected chi connectivity index (χ4v) is 2.43. The van der Waals surface area contributed by atoms with Crippen LogP contribution in [0.2, 0.25) is 0 Å². The van der Waals surface area contributed by atoms with Crippen LogP contribution in [0.3, 0.4) is 0 Å². The minimum atomic E-state index is 0.250. The molecule has 100 valence electrons. The summed E-state index contributed by atoms with van der Waals surface area (Å²) in [6.07, 6.45) is 7.06. The second kappa shape index (κ2) is 5.36. The van der Waals surface area contributed by atoms with Crippen molar-refractivity contribution in [3.8, 4) is 0 Å². The van der Waals surface area contributed by atoms with Gasteiger partial charge >= 0.3 is 0 Å². The maximum atomic E-state index is 8.96. The lowest BCUT2D eigenvalue weighted by atomic mass is 9.91. The SMILES string of the molecule is OCCCN(Cc1nc(C2CC2)no1)C1CCC1. The van der Waals surface area contributed by atoms with E-state index in [1.807, 2.05) is 0 Å². The Kier molecular flexibility index (Phi) is 3.61. The molecule has 2 aliphatic carbocycles. The summed E-state index contributed by atoms with van der Waals surface area (Å²) < 4.78 is 5.33. The van der Waals surface area contributed by atoms with Crippen molar-refractivity contribution in [2.24, 2.45) is 0 Å². The Morgan fingerprint density at radius 2 is 2.11 bits per heavy atom. The van der Waals surface area contributed by atoms with E-state index in [0.29, 0.717) is 12.0 Å². The Morgan fingerprint density at radius 3 is 2.72 bits per heavy atom. The molecule has 0 saturated heterocycles. The summed E-state index contributed by atoms with van der Waals surface area (Å²) in [6, 6.07) is 0.646. The molecule has 0 unspecified atom stereocenters. The van der Waals surface area contributed by atoms with Gasteiger partial charge in [0.25, 0.3) is 0 Å². The average Bonchev–Trinajstić information content (AvgIpc) is 3.05. The Bertz CT molecular complexity index is 385. The van der Waals surface area contributed by atoms with Gasteiger partial charge in [0, 0.05) is 25.1 Å². The van der Waals surface area contributed by atoms with Crippen LogP contribution in [0.5, 0.6) is 0 Å². The summed E-state index contributed by atoms with van der Waals surface area (Å²) in [7, 11) is 0. The molecule has 2 aliphatic rings. The van der Waals surface area contributed by atoms with Crippen LogP contribution in [-0.2, 0) is 6.54 Å². The Morgan fingerprint density at radius 1 is 1.28 bits per heavy atom. The fourth-order valence-electron chi connectivity index (χ4n) is 2.43. The van der Waals surface area contributed by atoms with Crippen molar-refractivity contribution in [2.75, 3.05) is 13.2 Å². The van der Waals surface area contributed by atoms with Gasteiger partial charge in [0.05, 0.1) is 6.54 Å². The lowest BCUT2D eigenvalue weighted by molar-refractivity contribution is 0.0969. The van der Waals surface area contributed by atoms with Crippen molar-refractivity contribution in [2.45, 2.75) is 57.0 Å². The number of rotatable bonds is 7. The zero-order valence-corrected chi connectivity index (χ0v) is 10.7. The third kappa shape index (κ3) is 2.72.